The Morgan fingerprint density at radius 1 is 1.43 bits per heavy atom. The minimum atomic E-state index is -0.378. The van der Waals surface area contributed by atoms with E-state index in [9.17, 15) is 9.90 Å². The van der Waals surface area contributed by atoms with Gasteiger partial charge in [0.1, 0.15) is 0 Å². The van der Waals surface area contributed by atoms with Gasteiger partial charge in [-0.3, -0.25) is 4.98 Å². The molecule has 2 unspecified atom stereocenters. The van der Waals surface area contributed by atoms with Gasteiger partial charge in [-0.1, -0.05) is 18.5 Å². The van der Waals surface area contributed by atoms with Gasteiger partial charge in [0.25, 0.3) is 0 Å². The van der Waals surface area contributed by atoms with E-state index < -0.39 is 0 Å². The number of aryl methyl sites for hydroxylation is 1. The normalized spacial score (nSPS) is 13.6. The van der Waals surface area contributed by atoms with Crippen molar-refractivity contribution in [3.8, 4) is 0 Å². The summed E-state index contributed by atoms with van der Waals surface area (Å²) < 4.78 is 0. The van der Waals surface area contributed by atoms with Crippen LogP contribution in [0.15, 0.2) is 24.4 Å². The van der Waals surface area contributed by atoms with Crippen LogP contribution < -0.4 is 10.6 Å². The van der Waals surface area contributed by atoms with Crippen LogP contribution in [0.25, 0.3) is 10.9 Å². The van der Waals surface area contributed by atoms with Gasteiger partial charge in [-0.25, -0.2) is 4.79 Å². The van der Waals surface area contributed by atoms with E-state index in [4.69, 9.17) is 11.6 Å². The number of aromatic nitrogens is 1. The lowest BCUT2D eigenvalue weighted by Gasteiger charge is -2.16. The number of amides is 2. The van der Waals surface area contributed by atoms with Crippen LogP contribution in [0.4, 0.5) is 10.5 Å². The van der Waals surface area contributed by atoms with Crippen molar-refractivity contribution in [2.24, 2.45) is 5.92 Å². The maximum absolute atomic E-state index is 12.1. The van der Waals surface area contributed by atoms with Gasteiger partial charge in [0.05, 0.1) is 22.3 Å². The van der Waals surface area contributed by atoms with E-state index in [0.29, 0.717) is 23.7 Å². The predicted octanol–water partition coefficient (Wildman–Crippen LogP) is 3.73. The Bertz CT molecular complexity index is 704. The third kappa shape index (κ3) is 4.56. The number of rotatable bonds is 5. The molecular weight excluding hydrogens is 314 g/mol. The number of urea groups is 1. The molecule has 23 heavy (non-hydrogen) atoms. The van der Waals surface area contributed by atoms with Gasteiger partial charge < -0.3 is 15.7 Å². The summed E-state index contributed by atoms with van der Waals surface area (Å²) in [6.45, 7) is 6.13. The maximum atomic E-state index is 12.1. The summed E-state index contributed by atoms with van der Waals surface area (Å²) in [6.07, 6.45) is 1.97. The van der Waals surface area contributed by atoms with Crippen molar-refractivity contribution in [2.45, 2.75) is 33.3 Å². The standard InChI is InChI=1S/C17H22ClN3O2/c1-10(7-12(3)22)9-20-17(23)21-16-13-5-4-6-19-15(13)11(2)8-14(16)18/h4-6,8,10,12,22H,7,9H2,1-3H3,(H2,20,21,23). The van der Waals surface area contributed by atoms with Crippen molar-refractivity contribution in [1.29, 1.82) is 0 Å². The van der Waals surface area contributed by atoms with E-state index in [-0.39, 0.29) is 18.1 Å². The van der Waals surface area contributed by atoms with Crippen LogP contribution in [-0.4, -0.2) is 28.8 Å². The summed E-state index contributed by atoms with van der Waals surface area (Å²) in [6, 6.07) is 5.17. The molecule has 0 saturated carbocycles. The molecule has 0 aliphatic heterocycles. The second kappa shape index (κ2) is 7.62. The Hall–Kier alpha value is -1.85. The summed E-state index contributed by atoms with van der Waals surface area (Å²) in [7, 11) is 0. The number of anilines is 1. The van der Waals surface area contributed by atoms with Crippen molar-refractivity contribution < 1.29 is 9.90 Å². The van der Waals surface area contributed by atoms with Crippen molar-refractivity contribution in [1.82, 2.24) is 10.3 Å². The molecule has 5 nitrogen and oxygen atoms in total. The van der Waals surface area contributed by atoms with E-state index in [0.717, 1.165) is 16.5 Å². The van der Waals surface area contributed by atoms with Crippen LogP contribution >= 0.6 is 11.6 Å². The summed E-state index contributed by atoms with van der Waals surface area (Å²) >= 11 is 6.28. The molecule has 1 aromatic carbocycles. The maximum Gasteiger partial charge on any atom is 0.319 e. The lowest BCUT2D eigenvalue weighted by atomic mass is 10.1. The highest BCUT2D eigenvalue weighted by molar-refractivity contribution is 6.35. The number of hydrogen-bond acceptors (Lipinski definition) is 3. The minimum absolute atomic E-state index is 0.188. The first kappa shape index (κ1) is 17.5. The molecule has 2 amide bonds. The lowest BCUT2D eigenvalue weighted by molar-refractivity contribution is 0.163. The number of aliphatic hydroxyl groups is 1. The SMILES string of the molecule is Cc1cc(Cl)c(NC(=O)NCC(C)CC(C)O)c2cccnc12. The van der Waals surface area contributed by atoms with Gasteiger partial charge in [0.15, 0.2) is 0 Å². The Morgan fingerprint density at radius 2 is 2.17 bits per heavy atom. The smallest absolute Gasteiger partial charge is 0.319 e. The third-order valence-corrected chi connectivity index (χ3v) is 3.92. The highest BCUT2D eigenvalue weighted by Crippen LogP contribution is 2.32. The van der Waals surface area contributed by atoms with E-state index in [1.165, 1.54) is 0 Å². The summed E-state index contributed by atoms with van der Waals surface area (Å²) in [5.74, 6) is 0.188. The third-order valence-electron chi connectivity index (χ3n) is 3.63. The molecule has 3 N–H and O–H groups in total. The first-order chi connectivity index (χ1) is 10.9. The molecule has 2 rings (SSSR count). The Morgan fingerprint density at radius 3 is 2.87 bits per heavy atom. The topological polar surface area (TPSA) is 74.2 Å². The van der Waals surface area contributed by atoms with Crippen LogP contribution in [0.1, 0.15) is 25.8 Å². The van der Waals surface area contributed by atoms with Crippen LogP contribution in [0.2, 0.25) is 5.02 Å². The van der Waals surface area contributed by atoms with Gasteiger partial charge in [-0.05, 0) is 49.9 Å². The van der Waals surface area contributed by atoms with Gasteiger partial charge in [-0.2, -0.15) is 0 Å². The fraction of sp³-hybridized carbons (Fsp3) is 0.412. The molecule has 0 saturated heterocycles. The number of nitrogens with one attached hydrogen (secondary N) is 2. The minimum Gasteiger partial charge on any atom is -0.393 e. The molecule has 1 heterocycles. The second-order valence-corrected chi connectivity index (χ2v) is 6.38. The molecule has 0 aliphatic carbocycles. The Labute approximate surface area is 141 Å². The lowest BCUT2D eigenvalue weighted by Crippen LogP contribution is -2.33. The average molecular weight is 336 g/mol. The number of carbonyl (C=O) groups is 1. The number of pyridine rings is 1. The van der Waals surface area contributed by atoms with E-state index in [1.807, 2.05) is 26.0 Å². The van der Waals surface area contributed by atoms with Gasteiger partial charge in [0, 0.05) is 18.1 Å². The summed E-state index contributed by atoms with van der Waals surface area (Å²) in [4.78, 5) is 16.5. The second-order valence-electron chi connectivity index (χ2n) is 5.97. The number of hydrogen-bond donors (Lipinski definition) is 3. The molecule has 6 heteroatoms. The fourth-order valence-corrected chi connectivity index (χ4v) is 2.91. The van der Waals surface area contributed by atoms with Crippen molar-refractivity contribution in [3.63, 3.8) is 0 Å². The van der Waals surface area contributed by atoms with Gasteiger partial charge >= 0.3 is 6.03 Å². The van der Waals surface area contributed by atoms with Crippen molar-refractivity contribution in [2.75, 3.05) is 11.9 Å². The summed E-state index contributed by atoms with van der Waals surface area (Å²) in [5, 5.41) is 16.2. The highest BCUT2D eigenvalue weighted by Gasteiger charge is 2.13. The zero-order valence-electron chi connectivity index (χ0n) is 13.6. The molecule has 0 bridgehead atoms. The quantitative estimate of drug-likeness (QED) is 0.779. The molecule has 124 valence electrons. The molecule has 0 spiro atoms. The molecular formula is C17H22ClN3O2. The van der Waals surface area contributed by atoms with Crippen LogP contribution in [0.3, 0.4) is 0 Å². The number of halogens is 1. The zero-order chi connectivity index (χ0) is 17.0. The number of nitrogens with zero attached hydrogens (tertiary/aromatic N) is 1. The van der Waals surface area contributed by atoms with Crippen LogP contribution in [0, 0.1) is 12.8 Å². The number of fused-ring (bicyclic) bond motifs is 1. The number of carbonyl (C=O) groups excluding carboxylic acids is 1. The predicted molar refractivity (Wildman–Crippen MR) is 94.0 cm³/mol. The zero-order valence-corrected chi connectivity index (χ0v) is 14.3. The van der Waals surface area contributed by atoms with E-state index in [2.05, 4.69) is 15.6 Å². The monoisotopic (exact) mass is 335 g/mol. The first-order valence-electron chi connectivity index (χ1n) is 7.65. The largest absolute Gasteiger partial charge is 0.393 e. The van der Waals surface area contributed by atoms with Crippen molar-refractivity contribution in [3.05, 3.63) is 35.0 Å². The van der Waals surface area contributed by atoms with Crippen LogP contribution in [0.5, 0.6) is 0 Å². The Kier molecular flexibility index (Phi) is 5.80. The van der Waals surface area contributed by atoms with Gasteiger partial charge in [0.2, 0.25) is 0 Å². The van der Waals surface area contributed by atoms with E-state index >= 15 is 0 Å². The highest BCUT2D eigenvalue weighted by atomic mass is 35.5. The molecule has 2 atom stereocenters. The Balaban J connectivity index is 2.11. The van der Waals surface area contributed by atoms with Crippen LogP contribution in [-0.2, 0) is 0 Å². The van der Waals surface area contributed by atoms with E-state index in [1.54, 1.807) is 19.2 Å². The molecule has 0 radical (unpaired) electrons. The molecule has 0 aliphatic rings. The number of aliphatic hydroxyl groups excluding tert-OH is 1. The van der Waals surface area contributed by atoms with Crippen molar-refractivity contribution >= 4 is 34.2 Å². The summed E-state index contributed by atoms with van der Waals surface area (Å²) in [5.41, 5.74) is 2.33. The van der Waals surface area contributed by atoms with Gasteiger partial charge in [-0.15, -0.1) is 0 Å². The average Bonchev–Trinajstić information content (AvgIpc) is 2.49. The molecule has 2 aromatic rings. The molecule has 1 aromatic heterocycles. The molecule has 0 fully saturated rings. The first-order valence-corrected chi connectivity index (χ1v) is 8.03. The number of benzene rings is 1. The fourth-order valence-electron chi connectivity index (χ4n) is 2.60.